The van der Waals surface area contributed by atoms with E-state index in [0.717, 1.165) is 22.3 Å². The van der Waals surface area contributed by atoms with Crippen LogP contribution in [0.1, 0.15) is 17.5 Å². The zero-order valence-electron chi connectivity index (χ0n) is 17.4. The number of carbonyl (C=O) groups excluding carboxylic acids is 2. The second-order valence-electron chi connectivity index (χ2n) is 7.30. The molecule has 0 bridgehead atoms. The molecule has 0 aliphatic rings. The van der Waals surface area contributed by atoms with Crippen molar-refractivity contribution in [1.29, 1.82) is 0 Å². The summed E-state index contributed by atoms with van der Waals surface area (Å²) in [5.74, 6) is 0. The van der Waals surface area contributed by atoms with Gasteiger partial charge in [0.25, 0.3) is 0 Å². The van der Waals surface area contributed by atoms with E-state index in [1.54, 1.807) is 22.6 Å². The molecule has 3 aromatic carbocycles. The lowest BCUT2D eigenvalue weighted by molar-refractivity contribution is -0.119. The van der Waals surface area contributed by atoms with Crippen molar-refractivity contribution in [1.82, 2.24) is 5.09 Å². The van der Waals surface area contributed by atoms with E-state index < -0.39 is 12.3 Å². The Kier molecular flexibility index (Phi) is 9.65. The highest BCUT2D eigenvalue weighted by Crippen LogP contribution is 2.21. The Morgan fingerprint density at radius 3 is 2.03 bits per heavy atom. The van der Waals surface area contributed by atoms with E-state index in [-0.39, 0.29) is 16.4 Å². The zero-order chi connectivity index (χ0) is 22.8. The van der Waals surface area contributed by atoms with Crippen LogP contribution in [0.5, 0.6) is 0 Å². The third-order valence-electron chi connectivity index (χ3n) is 4.97. The summed E-state index contributed by atoms with van der Waals surface area (Å²) in [6.45, 7) is 0.0981. The standard InChI is InChI=1S/C25H25INO4P/c26-24(28)23(31-25(29)30-17-19-7-3-1-4-8-19)16-22(27-32)15-18-11-13-21(14-12-18)20-9-5-2-6-10-20/h1-14,22-23,27H,15-17,32H2. The molecular weight excluding hydrogens is 536 g/mol. The van der Waals surface area contributed by atoms with E-state index in [0.29, 0.717) is 12.8 Å². The van der Waals surface area contributed by atoms with Gasteiger partial charge < -0.3 is 9.47 Å². The van der Waals surface area contributed by atoms with E-state index in [9.17, 15) is 9.59 Å². The van der Waals surface area contributed by atoms with Crippen LogP contribution in [0.25, 0.3) is 11.1 Å². The summed E-state index contributed by atoms with van der Waals surface area (Å²) in [5.41, 5.74) is 4.29. The zero-order valence-corrected chi connectivity index (χ0v) is 20.8. The van der Waals surface area contributed by atoms with E-state index >= 15 is 0 Å². The lowest BCUT2D eigenvalue weighted by Crippen LogP contribution is -2.34. The van der Waals surface area contributed by atoms with Gasteiger partial charge in [0.1, 0.15) is 6.61 Å². The van der Waals surface area contributed by atoms with Crippen molar-refractivity contribution in [3.63, 3.8) is 0 Å². The van der Waals surface area contributed by atoms with Crippen LogP contribution in [0.2, 0.25) is 0 Å². The molecule has 0 fully saturated rings. The second-order valence-corrected chi connectivity index (χ2v) is 8.70. The Morgan fingerprint density at radius 1 is 0.844 bits per heavy atom. The molecule has 0 aliphatic carbocycles. The van der Waals surface area contributed by atoms with Gasteiger partial charge in [-0.2, -0.15) is 0 Å². The van der Waals surface area contributed by atoms with Gasteiger partial charge in [-0.25, -0.2) is 4.79 Å². The summed E-state index contributed by atoms with van der Waals surface area (Å²) in [7, 11) is 2.49. The molecule has 3 atom stereocenters. The molecule has 0 spiro atoms. The molecule has 3 rings (SSSR count). The summed E-state index contributed by atoms with van der Waals surface area (Å²) < 4.78 is 10.2. The second kappa shape index (κ2) is 12.7. The normalized spacial score (nSPS) is 12.6. The maximum Gasteiger partial charge on any atom is 0.509 e. The topological polar surface area (TPSA) is 64.6 Å². The van der Waals surface area contributed by atoms with Crippen molar-refractivity contribution in [2.75, 3.05) is 0 Å². The third-order valence-corrected chi connectivity index (χ3v) is 6.13. The maximum absolute atomic E-state index is 12.1. The van der Waals surface area contributed by atoms with Crippen LogP contribution in [0, 0.1) is 0 Å². The number of carbonyl (C=O) groups is 2. The molecule has 7 heteroatoms. The van der Waals surface area contributed by atoms with Crippen LogP contribution >= 0.6 is 32.0 Å². The lowest BCUT2D eigenvalue weighted by atomic mass is 9.98. The average molecular weight is 561 g/mol. The highest BCUT2D eigenvalue weighted by atomic mass is 127. The fourth-order valence-electron chi connectivity index (χ4n) is 3.27. The number of benzene rings is 3. The van der Waals surface area contributed by atoms with E-state index in [2.05, 4.69) is 50.9 Å². The fraction of sp³-hybridized carbons (Fsp3) is 0.200. The Morgan fingerprint density at radius 2 is 1.44 bits per heavy atom. The Bertz CT molecular complexity index is 999. The largest absolute Gasteiger partial charge is 0.509 e. The molecule has 5 nitrogen and oxygen atoms in total. The number of hydrogen-bond donors (Lipinski definition) is 1. The number of halogens is 1. The summed E-state index contributed by atoms with van der Waals surface area (Å²) in [6.07, 6.45) is -0.716. The molecule has 1 N–H and O–H groups in total. The Hall–Kier alpha value is -2.28. The van der Waals surface area contributed by atoms with E-state index in [4.69, 9.17) is 9.47 Å². The van der Waals surface area contributed by atoms with Gasteiger partial charge in [-0.05, 0) is 28.7 Å². The first-order valence-electron chi connectivity index (χ1n) is 10.2. The van der Waals surface area contributed by atoms with Crippen molar-refractivity contribution < 1.29 is 19.1 Å². The van der Waals surface area contributed by atoms with Gasteiger partial charge >= 0.3 is 6.16 Å². The fourth-order valence-corrected chi connectivity index (χ4v) is 3.91. The molecule has 0 radical (unpaired) electrons. The molecule has 0 aromatic heterocycles. The SMILES string of the molecule is O=C(OCc1ccccc1)OC(CC(Cc1ccc(-c2ccccc2)cc1)NP)C(=O)I. The maximum atomic E-state index is 12.1. The molecule has 3 aromatic rings. The number of ether oxygens (including phenoxy) is 2. The lowest BCUT2D eigenvalue weighted by Gasteiger charge is -2.21. The van der Waals surface area contributed by atoms with Crippen molar-refractivity contribution in [3.8, 4) is 11.1 Å². The molecule has 166 valence electrons. The van der Waals surface area contributed by atoms with Gasteiger partial charge in [0.05, 0.1) is 0 Å². The highest BCUT2D eigenvalue weighted by molar-refractivity contribution is 14.1. The van der Waals surface area contributed by atoms with Crippen molar-refractivity contribution in [2.24, 2.45) is 0 Å². The molecule has 0 saturated carbocycles. The van der Waals surface area contributed by atoms with Gasteiger partial charge in [-0.15, -0.1) is 0 Å². The average Bonchev–Trinajstić information content (AvgIpc) is 2.83. The summed E-state index contributed by atoms with van der Waals surface area (Å²) >= 11 is 1.66. The molecular formula is C25H25INO4P. The predicted molar refractivity (Wildman–Crippen MR) is 137 cm³/mol. The minimum atomic E-state index is -0.888. The molecule has 0 heterocycles. The quantitative estimate of drug-likeness (QED) is 0.149. The first kappa shape index (κ1) is 24.4. The number of hydrogen-bond acceptors (Lipinski definition) is 5. The molecule has 0 aliphatic heterocycles. The number of nitrogens with one attached hydrogen (secondary N) is 1. The van der Waals surface area contributed by atoms with Crippen LogP contribution in [0.15, 0.2) is 84.9 Å². The van der Waals surface area contributed by atoms with Crippen LogP contribution in [0.3, 0.4) is 0 Å². The van der Waals surface area contributed by atoms with Gasteiger partial charge in [0.15, 0.2) is 6.10 Å². The molecule has 0 amide bonds. The molecule has 3 unspecified atom stereocenters. The number of rotatable bonds is 10. The van der Waals surface area contributed by atoms with Gasteiger partial charge in [0.2, 0.25) is 3.79 Å². The van der Waals surface area contributed by atoms with Crippen LogP contribution in [-0.4, -0.2) is 22.1 Å². The minimum Gasteiger partial charge on any atom is -0.429 e. The monoisotopic (exact) mass is 561 g/mol. The van der Waals surface area contributed by atoms with Gasteiger partial charge in [0, 0.05) is 35.1 Å². The first-order valence-corrected chi connectivity index (χ1v) is 11.9. The van der Waals surface area contributed by atoms with Crippen molar-refractivity contribution in [2.45, 2.75) is 31.6 Å². The van der Waals surface area contributed by atoms with E-state index in [1.807, 2.05) is 48.5 Å². The van der Waals surface area contributed by atoms with Gasteiger partial charge in [-0.3, -0.25) is 9.88 Å². The van der Waals surface area contributed by atoms with Crippen LogP contribution in [0.4, 0.5) is 4.79 Å². The Labute approximate surface area is 204 Å². The summed E-state index contributed by atoms with van der Waals surface area (Å²) in [6, 6.07) is 27.8. The first-order chi connectivity index (χ1) is 15.5. The van der Waals surface area contributed by atoms with Crippen molar-refractivity contribution in [3.05, 3.63) is 96.1 Å². The van der Waals surface area contributed by atoms with Crippen LogP contribution in [-0.2, 0) is 27.3 Å². The highest BCUT2D eigenvalue weighted by Gasteiger charge is 2.25. The molecule has 32 heavy (non-hydrogen) atoms. The molecule has 0 saturated heterocycles. The summed E-state index contributed by atoms with van der Waals surface area (Å²) in [5, 5.41) is 3.14. The third kappa shape index (κ3) is 7.69. The minimum absolute atomic E-state index is 0.0757. The van der Waals surface area contributed by atoms with Crippen LogP contribution < -0.4 is 5.09 Å². The smallest absolute Gasteiger partial charge is 0.429 e. The predicted octanol–water partition coefficient (Wildman–Crippen LogP) is 5.72. The van der Waals surface area contributed by atoms with Crippen molar-refractivity contribution >= 4 is 41.9 Å². The van der Waals surface area contributed by atoms with Gasteiger partial charge in [-0.1, -0.05) is 94.3 Å². The Balaban J connectivity index is 1.55. The van der Waals surface area contributed by atoms with E-state index in [1.165, 1.54) is 0 Å². The summed E-state index contributed by atoms with van der Waals surface area (Å²) in [4.78, 5) is 24.2.